The highest BCUT2D eigenvalue weighted by molar-refractivity contribution is 7.90. The van der Waals surface area contributed by atoms with Gasteiger partial charge >= 0.3 is 0 Å². The van der Waals surface area contributed by atoms with E-state index < -0.39 is 10.0 Å². The normalized spacial score (nSPS) is 16.9. The van der Waals surface area contributed by atoms with Gasteiger partial charge in [0, 0.05) is 6.54 Å². The first kappa shape index (κ1) is 10.1. The fourth-order valence-electron chi connectivity index (χ4n) is 1.56. The number of hydrogen-bond acceptors (Lipinski definition) is 4. The fraction of sp³-hybridized carbons (Fsp3) is 0.222. The van der Waals surface area contributed by atoms with Crippen LogP contribution in [0, 0.1) is 6.92 Å². The molecule has 0 bridgehead atoms. The first-order chi connectivity index (χ1) is 7.06. The smallest absolute Gasteiger partial charge is 0.285 e. The van der Waals surface area contributed by atoms with Gasteiger partial charge in [0.05, 0.1) is 5.69 Å². The van der Waals surface area contributed by atoms with Crippen LogP contribution in [0.3, 0.4) is 0 Å². The molecule has 0 unspecified atom stereocenters. The molecular weight excluding hydrogens is 214 g/mol. The molecule has 3 N–H and O–H groups in total. The van der Waals surface area contributed by atoms with Crippen LogP contribution in [0.25, 0.3) is 0 Å². The van der Waals surface area contributed by atoms with Crippen molar-refractivity contribution in [2.75, 3.05) is 5.32 Å². The highest BCUT2D eigenvalue weighted by Gasteiger charge is 2.22. The number of nitrogens with two attached hydrogens (primary N) is 1. The van der Waals surface area contributed by atoms with Crippen molar-refractivity contribution in [2.45, 2.75) is 18.4 Å². The van der Waals surface area contributed by atoms with Crippen LogP contribution in [0.2, 0.25) is 0 Å². The van der Waals surface area contributed by atoms with E-state index in [1.54, 1.807) is 6.07 Å². The van der Waals surface area contributed by atoms with Crippen LogP contribution in [0.1, 0.15) is 11.1 Å². The molecule has 6 heteroatoms. The molecule has 0 atom stereocenters. The Hall–Kier alpha value is -1.40. The van der Waals surface area contributed by atoms with Gasteiger partial charge in [-0.2, -0.15) is 8.42 Å². The van der Waals surface area contributed by atoms with Gasteiger partial charge in [0.25, 0.3) is 10.0 Å². The molecule has 0 spiro atoms. The maximum atomic E-state index is 11.6. The topological polar surface area (TPSA) is 84.5 Å². The third-order valence-electron chi connectivity index (χ3n) is 2.44. The number of nitrogens with one attached hydrogen (secondary N) is 1. The average molecular weight is 225 g/mol. The Morgan fingerprint density at radius 1 is 1.47 bits per heavy atom. The van der Waals surface area contributed by atoms with Gasteiger partial charge in [-0.15, -0.1) is 4.40 Å². The minimum absolute atomic E-state index is 0.208. The molecule has 1 heterocycles. The lowest BCUT2D eigenvalue weighted by Crippen LogP contribution is -2.14. The Morgan fingerprint density at radius 2 is 2.20 bits per heavy atom. The number of anilines is 1. The molecule has 5 nitrogen and oxygen atoms in total. The first-order valence-electron chi connectivity index (χ1n) is 4.44. The molecule has 0 saturated carbocycles. The van der Waals surface area contributed by atoms with E-state index in [9.17, 15) is 8.42 Å². The zero-order valence-electron chi connectivity index (χ0n) is 8.19. The molecule has 1 aromatic carbocycles. The molecule has 1 aromatic rings. The largest absolute Gasteiger partial charge is 0.344 e. The number of hydrogen-bond donors (Lipinski definition) is 2. The molecule has 15 heavy (non-hydrogen) atoms. The van der Waals surface area contributed by atoms with Crippen LogP contribution in [-0.4, -0.2) is 14.8 Å². The highest BCUT2D eigenvalue weighted by Crippen LogP contribution is 2.30. The van der Waals surface area contributed by atoms with E-state index in [4.69, 9.17) is 5.73 Å². The second-order valence-corrected chi connectivity index (χ2v) is 4.88. The summed E-state index contributed by atoms with van der Waals surface area (Å²) in [6.07, 6.45) is 1.19. The van der Waals surface area contributed by atoms with E-state index in [1.165, 1.54) is 12.4 Å². The Morgan fingerprint density at radius 3 is 2.87 bits per heavy atom. The quantitative estimate of drug-likeness (QED) is 0.732. The second kappa shape index (κ2) is 3.32. The van der Waals surface area contributed by atoms with Crippen molar-refractivity contribution in [1.82, 2.24) is 0 Å². The predicted molar refractivity (Wildman–Crippen MR) is 58.4 cm³/mol. The lowest BCUT2D eigenvalue weighted by molar-refractivity contribution is 0.598. The third-order valence-corrected chi connectivity index (χ3v) is 3.72. The standard InChI is InChI=1S/C9H11N3O2S/c1-6-7(4-10)2-3-8-9(6)11-5-12-15(8,13)14/h2-3,5H,4,10H2,1H3,(H,11,12). The highest BCUT2D eigenvalue weighted by atomic mass is 32.2. The summed E-state index contributed by atoms with van der Waals surface area (Å²) in [5.74, 6) is 0. The van der Waals surface area contributed by atoms with Crippen molar-refractivity contribution in [3.63, 3.8) is 0 Å². The Kier molecular flexibility index (Phi) is 2.24. The summed E-state index contributed by atoms with van der Waals surface area (Å²) in [6.45, 7) is 2.22. The lowest BCUT2D eigenvalue weighted by Gasteiger charge is -2.16. The van der Waals surface area contributed by atoms with Crippen LogP contribution in [0.5, 0.6) is 0 Å². The van der Waals surface area contributed by atoms with Gasteiger partial charge in [0.2, 0.25) is 0 Å². The Bertz CT molecular complexity index is 535. The fourth-order valence-corrected chi connectivity index (χ4v) is 2.58. The summed E-state index contributed by atoms with van der Waals surface area (Å²) < 4.78 is 26.5. The van der Waals surface area contributed by atoms with E-state index in [0.717, 1.165) is 11.1 Å². The van der Waals surface area contributed by atoms with Crippen molar-refractivity contribution < 1.29 is 8.42 Å². The van der Waals surface area contributed by atoms with Crippen molar-refractivity contribution in [3.8, 4) is 0 Å². The molecule has 1 aliphatic heterocycles. The van der Waals surface area contributed by atoms with Gasteiger partial charge in [-0.25, -0.2) is 0 Å². The van der Waals surface area contributed by atoms with Crippen LogP contribution in [-0.2, 0) is 16.6 Å². The third kappa shape index (κ3) is 1.51. The van der Waals surface area contributed by atoms with Gasteiger partial charge in [0.1, 0.15) is 11.2 Å². The molecular formula is C9H11N3O2S. The number of benzene rings is 1. The molecule has 0 aliphatic carbocycles. The molecule has 0 radical (unpaired) electrons. The SMILES string of the molecule is Cc1c(CN)ccc2c1NC=NS2(=O)=O. The summed E-state index contributed by atoms with van der Waals surface area (Å²) in [4.78, 5) is 0.208. The zero-order chi connectivity index (χ0) is 11.1. The second-order valence-electron chi connectivity index (χ2n) is 3.28. The minimum atomic E-state index is -3.52. The van der Waals surface area contributed by atoms with Gasteiger partial charge in [0.15, 0.2) is 0 Å². The molecule has 0 saturated heterocycles. The first-order valence-corrected chi connectivity index (χ1v) is 5.88. The van der Waals surface area contributed by atoms with E-state index in [2.05, 4.69) is 9.71 Å². The maximum absolute atomic E-state index is 11.6. The zero-order valence-corrected chi connectivity index (χ0v) is 9.00. The summed E-state index contributed by atoms with van der Waals surface area (Å²) in [6, 6.07) is 3.25. The van der Waals surface area contributed by atoms with Crippen molar-refractivity contribution >= 4 is 22.0 Å². The minimum Gasteiger partial charge on any atom is -0.344 e. The van der Waals surface area contributed by atoms with Gasteiger partial charge < -0.3 is 11.1 Å². The Balaban J connectivity index is 2.73. The molecule has 80 valence electrons. The van der Waals surface area contributed by atoms with E-state index in [0.29, 0.717) is 12.2 Å². The summed E-state index contributed by atoms with van der Waals surface area (Å²) >= 11 is 0. The lowest BCUT2D eigenvalue weighted by atomic mass is 10.1. The maximum Gasteiger partial charge on any atom is 0.285 e. The van der Waals surface area contributed by atoms with Crippen LogP contribution in [0.15, 0.2) is 21.4 Å². The molecule has 0 fully saturated rings. The predicted octanol–water partition coefficient (Wildman–Crippen LogP) is 0.596. The van der Waals surface area contributed by atoms with Crippen molar-refractivity contribution in [3.05, 3.63) is 23.3 Å². The van der Waals surface area contributed by atoms with Gasteiger partial charge in [-0.1, -0.05) is 6.07 Å². The summed E-state index contributed by atoms with van der Waals surface area (Å²) in [7, 11) is -3.52. The number of sulfonamides is 1. The van der Waals surface area contributed by atoms with E-state index >= 15 is 0 Å². The van der Waals surface area contributed by atoms with Crippen molar-refractivity contribution in [1.29, 1.82) is 0 Å². The molecule has 2 rings (SSSR count). The van der Waals surface area contributed by atoms with E-state index in [1.807, 2.05) is 6.92 Å². The van der Waals surface area contributed by atoms with Gasteiger partial charge in [-0.05, 0) is 24.1 Å². The molecule has 1 aliphatic rings. The number of fused-ring (bicyclic) bond motifs is 1. The summed E-state index contributed by atoms with van der Waals surface area (Å²) in [5.41, 5.74) is 7.89. The monoisotopic (exact) mass is 225 g/mol. The molecule has 0 amide bonds. The number of nitrogens with zero attached hydrogens (tertiary/aromatic N) is 1. The van der Waals surface area contributed by atoms with Crippen LogP contribution in [0.4, 0.5) is 5.69 Å². The summed E-state index contributed by atoms with van der Waals surface area (Å²) in [5, 5.41) is 2.83. The Labute approximate surface area is 88.1 Å². The van der Waals surface area contributed by atoms with Gasteiger partial charge in [-0.3, -0.25) is 0 Å². The van der Waals surface area contributed by atoms with E-state index in [-0.39, 0.29) is 4.90 Å². The number of rotatable bonds is 1. The van der Waals surface area contributed by atoms with Crippen LogP contribution < -0.4 is 11.1 Å². The van der Waals surface area contributed by atoms with Crippen LogP contribution >= 0.6 is 0 Å². The van der Waals surface area contributed by atoms with Crippen molar-refractivity contribution in [2.24, 2.45) is 10.1 Å². The molecule has 0 aromatic heterocycles. The average Bonchev–Trinajstić information content (AvgIpc) is 2.19.